The van der Waals surface area contributed by atoms with Crippen molar-refractivity contribution in [1.29, 1.82) is 0 Å². The average molecular weight is 348 g/mol. The summed E-state index contributed by atoms with van der Waals surface area (Å²) in [6.07, 6.45) is 7.74. The number of amides is 1. The quantitative estimate of drug-likeness (QED) is 0.615. The molecule has 26 heavy (non-hydrogen) atoms. The van der Waals surface area contributed by atoms with Crippen LogP contribution in [0.15, 0.2) is 55.2 Å². The molecule has 0 saturated carbocycles. The van der Waals surface area contributed by atoms with E-state index in [0.717, 1.165) is 22.9 Å². The zero-order valence-corrected chi connectivity index (χ0v) is 13.7. The molecule has 0 fully saturated rings. The van der Waals surface area contributed by atoms with Crippen LogP contribution in [-0.4, -0.2) is 30.5 Å². The van der Waals surface area contributed by atoms with E-state index in [1.807, 2.05) is 13.0 Å². The van der Waals surface area contributed by atoms with E-state index in [1.165, 1.54) is 16.6 Å². The van der Waals surface area contributed by atoms with Crippen molar-refractivity contribution >= 4 is 17.4 Å². The van der Waals surface area contributed by atoms with Gasteiger partial charge in [-0.1, -0.05) is 0 Å². The Morgan fingerprint density at radius 3 is 2.77 bits per heavy atom. The first-order valence-corrected chi connectivity index (χ1v) is 7.80. The van der Waals surface area contributed by atoms with Gasteiger partial charge in [0.15, 0.2) is 5.65 Å². The lowest BCUT2D eigenvalue weighted by molar-refractivity contribution is 0.102. The third-order valence-corrected chi connectivity index (χ3v) is 3.89. The summed E-state index contributed by atoms with van der Waals surface area (Å²) in [5, 5.41) is 6.89. The number of nitrogens with one attached hydrogen (secondary N) is 1. The monoisotopic (exact) mass is 348 g/mol. The Hall–Kier alpha value is -3.68. The van der Waals surface area contributed by atoms with Crippen molar-refractivity contribution in [1.82, 2.24) is 24.6 Å². The topological polar surface area (TPSA) is 85.1 Å². The minimum atomic E-state index is -0.477. The maximum Gasteiger partial charge on any atom is 0.277 e. The van der Waals surface area contributed by atoms with Crippen molar-refractivity contribution in [2.45, 2.75) is 6.92 Å². The SMILES string of the molecule is Cc1ccncc1-c1cc(C(=O)Nc2ccc(F)cn2)nn2ccnc12. The number of nitrogens with zero attached hydrogens (tertiary/aromatic N) is 5. The highest BCUT2D eigenvalue weighted by molar-refractivity contribution is 6.03. The van der Waals surface area contributed by atoms with Crippen molar-refractivity contribution in [2.75, 3.05) is 5.32 Å². The molecule has 1 N–H and O–H groups in total. The number of aromatic nitrogens is 5. The van der Waals surface area contributed by atoms with Gasteiger partial charge in [0.25, 0.3) is 5.91 Å². The average Bonchev–Trinajstić information content (AvgIpc) is 3.12. The molecule has 0 aliphatic carbocycles. The normalized spacial score (nSPS) is 10.8. The first kappa shape index (κ1) is 15.8. The number of imidazole rings is 1. The van der Waals surface area contributed by atoms with Crippen LogP contribution in [-0.2, 0) is 0 Å². The molecule has 128 valence electrons. The number of hydrogen-bond donors (Lipinski definition) is 1. The number of halogens is 1. The van der Waals surface area contributed by atoms with Crippen LogP contribution in [0.25, 0.3) is 16.8 Å². The molecular formula is C18H13FN6O. The molecule has 0 aliphatic rings. The second-order valence-electron chi connectivity index (χ2n) is 5.65. The third-order valence-electron chi connectivity index (χ3n) is 3.89. The smallest absolute Gasteiger partial charge is 0.277 e. The van der Waals surface area contributed by atoms with Gasteiger partial charge in [0, 0.05) is 35.9 Å². The fourth-order valence-electron chi connectivity index (χ4n) is 2.60. The largest absolute Gasteiger partial charge is 0.305 e. The van der Waals surface area contributed by atoms with E-state index >= 15 is 0 Å². The molecule has 0 bridgehead atoms. The van der Waals surface area contributed by atoms with Crippen LogP contribution in [0.2, 0.25) is 0 Å². The number of hydrogen-bond acceptors (Lipinski definition) is 5. The molecular weight excluding hydrogens is 335 g/mol. The predicted octanol–water partition coefficient (Wildman–Crippen LogP) is 2.89. The van der Waals surface area contributed by atoms with Gasteiger partial charge in [-0.3, -0.25) is 9.78 Å². The summed E-state index contributed by atoms with van der Waals surface area (Å²) in [5.74, 6) is -0.694. The van der Waals surface area contributed by atoms with Gasteiger partial charge in [0.2, 0.25) is 0 Å². The molecule has 8 heteroatoms. The Bertz CT molecular complexity index is 1110. The summed E-state index contributed by atoms with van der Waals surface area (Å²) < 4.78 is 14.5. The Balaban J connectivity index is 1.77. The van der Waals surface area contributed by atoms with E-state index in [4.69, 9.17) is 0 Å². The standard InChI is InChI=1S/C18H13FN6O/c1-11-4-5-20-10-14(11)13-8-15(24-25-7-6-21-17(13)25)18(26)23-16-3-2-12(19)9-22-16/h2-10H,1H3,(H,22,23,26). The summed E-state index contributed by atoms with van der Waals surface area (Å²) in [6.45, 7) is 1.96. The van der Waals surface area contributed by atoms with Crippen molar-refractivity contribution in [3.05, 3.63) is 72.3 Å². The Morgan fingerprint density at radius 2 is 2.00 bits per heavy atom. The van der Waals surface area contributed by atoms with Gasteiger partial charge in [0.05, 0.1) is 6.20 Å². The molecule has 4 aromatic heterocycles. The van der Waals surface area contributed by atoms with E-state index in [2.05, 4.69) is 25.4 Å². The molecule has 0 aliphatic heterocycles. The van der Waals surface area contributed by atoms with Gasteiger partial charge >= 0.3 is 0 Å². The third kappa shape index (κ3) is 2.88. The van der Waals surface area contributed by atoms with Crippen molar-refractivity contribution in [2.24, 2.45) is 0 Å². The lowest BCUT2D eigenvalue weighted by atomic mass is 10.0. The predicted molar refractivity (Wildman–Crippen MR) is 93.1 cm³/mol. The second kappa shape index (κ2) is 6.32. The van der Waals surface area contributed by atoms with E-state index in [-0.39, 0.29) is 11.5 Å². The van der Waals surface area contributed by atoms with Gasteiger partial charge in [0.1, 0.15) is 17.3 Å². The maximum absolute atomic E-state index is 13.0. The minimum Gasteiger partial charge on any atom is -0.305 e. The summed E-state index contributed by atoms with van der Waals surface area (Å²) in [7, 11) is 0. The molecule has 0 saturated heterocycles. The first-order valence-electron chi connectivity index (χ1n) is 7.80. The van der Waals surface area contributed by atoms with E-state index in [9.17, 15) is 9.18 Å². The van der Waals surface area contributed by atoms with Crippen molar-refractivity contribution in [3.8, 4) is 11.1 Å². The molecule has 7 nitrogen and oxygen atoms in total. The zero-order valence-electron chi connectivity index (χ0n) is 13.7. The van der Waals surface area contributed by atoms with Gasteiger partial charge in [-0.25, -0.2) is 18.9 Å². The van der Waals surface area contributed by atoms with E-state index in [0.29, 0.717) is 5.65 Å². The van der Waals surface area contributed by atoms with Crippen LogP contribution in [0.4, 0.5) is 10.2 Å². The number of pyridine rings is 2. The highest BCUT2D eigenvalue weighted by Gasteiger charge is 2.16. The maximum atomic E-state index is 13.0. The van der Waals surface area contributed by atoms with Crippen molar-refractivity contribution in [3.63, 3.8) is 0 Å². The van der Waals surface area contributed by atoms with Crippen LogP contribution in [0.3, 0.4) is 0 Å². The van der Waals surface area contributed by atoms with Crippen LogP contribution >= 0.6 is 0 Å². The number of anilines is 1. The molecule has 1 amide bonds. The molecule has 4 heterocycles. The Labute approximate surface area is 147 Å². The zero-order chi connectivity index (χ0) is 18.1. The van der Waals surface area contributed by atoms with Gasteiger partial charge < -0.3 is 5.32 Å². The number of rotatable bonds is 3. The molecule has 0 unspecified atom stereocenters. The van der Waals surface area contributed by atoms with Gasteiger partial charge in [-0.15, -0.1) is 0 Å². The lowest BCUT2D eigenvalue weighted by Crippen LogP contribution is -2.16. The van der Waals surface area contributed by atoms with Crippen LogP contribution in [0.5, 0.6) is 0 Å². The van der Waals surface area contributed by atoms with E-state index < -0.39 is 11.7 Å². The number of fused-ring (bicyclic) bond motifs is 1. The highest BCUT2D eigenvalue weighted by atomic mass is 19.1. The lowest BCUT2D eigenvalue weighted by Gasteiger charge is -2.09. The molecule has 0 spiro atoms. The second-order valence-corrected chi connectivity index (χ2v) is 5.65. The number of carbonyl (C=O) groups excluding carboxylic acids is 1. The first-order chi connectivity index (χ1) is 12.6. The van der Waals surface area contributed by atoms with Crippen molar-refractivity contribution < 1.29 is 9.18 Å². The molecule has 4 rings (SSSR count). The fraction of sp³-hybridized carbons (Fsp3) is 0.0556. The number of carbonyl (C=O) groups is 1. The Kier molecular flexibility index (Phi) is 3.85. The minimum absolute atomic E-state index is 0.180. The molecule has 0 aromatic carbocycles. The van der Waals surface area contributed by atoms with Crippen LogP contribution < -0.4 is 5.32 Å². The van der Waals surface area contributed by atoms with Gasteiger partial charge in [-0.05, 0) is 36.8 Å². The summed E-state index contributed by atoms with van der Waals surface area (Å²) in [5.41, 5.74) is 3.41. The van der Waals surface area contributed by atoms with Crippen LogP contribution in [0.1, 0.15) is 16.1 Å². The number of aryl methyl sites for hydroxylation is 1. The van der Waals surface area contributed by atoms with Gasteiger partial charge in [-0.2, -0.15) is 5.10 Å². The summed E-state index contributed by atoms with van der Waals surface area (Å²) in [6, 6.07) is 6.15. The molecule has 0 atom stereocenters. The molecule has 0 radical (unpaired) electrons. The summed E-state index contributed by atoms with van der Waals surface area (Å²) in [4.78, 5) is 24.9. The van der Waals surface area contributed by atoms with E-state index in [1.54, 1.807) is 30.9 Å². The molecule has 4 aromatic rings. The Morgan fingerprint density at radius 1 is 1.12 bits per heavy atom. The summed E-state index contributed by atoms with van der Waals surface area (Å²) >= 11 is 0. The van der Waals surface area contributed by atoms with Crippen LogP contribution in [0, 0.1) is 12.7 Å². The fourth-order valence-corrected chi connectivity index (χ4v) is 2.60. The highest BCUT2D eigenvalue weighted by Crippen LogP contribution is 2.26.